The first kappa shape index (κ1) is 15.6. The van der Waals surface area contributed by atoms with Gasteiger partial charge >= 0.3 is 0 Å². The largest absolute Gasteiger partial charge is 0.313 e. The summed E-state index contributed by atoms with van der Waals surface area (Å²) in [7, 11) is 0. The van der Waals surface area contributed by atoms with Crippen LogP contribution in [0.4, 0.5) is 0 Å². The van der Waals surface area contributed by atoms with Crippen molar-refractivity contribution in [3.05, 3.63) is 28.5 Å². The van der Waals surface area contributed by atoms with Crippen LogP contribution in [0.5, 0.6) is 0 Å². The molecule has 0 aliphatic rings. The number of rotatable bonds is 7. The van der Waals surface area contributed by atoms with Gasteiger partial charge < -0.3 is 5.32 Å². The van der Waals surface area contributed by atoms with Crippen LogP contribution in [0.3, 0.4) is 0 Å². The van der Waals surface area contributed by atoms with Gasteiger partial charge in [-0.25, -0.2) is 0 Å². The Morgan fingerprint density at radius 2 is 2.00 bits per heavy atom. The van der Waals surface area contributed by atoms with Gasteiger partial charge in [-0.3, -0.25) is 4.98 Å². The molecule has 3 heteroatoms. The molecule has 0 aromatic carbocycles. The molecule has 2 atom stereocenters. The summed E-state index contributed by atoms with van der Waals surface area (Å²) in [5.74, 6) is 1.34. The standard InChI is InChI=1S/C15H25BrN2/c1-5-8-17-15(12(4)11(2)3)9-14-7-6-13(16)10-18-14/h6-7,10-12,15,17H,5,8-9H2,1-4H3. The summed E-state index contributed by atoms with van der Waals surface area (Å²) in [6, 6.07) is 4.69. The molecule has 0 fully saturated rings. The number of hydrogen-bond acceptors (Lipinski definition) is 2. The lowest BCUT2D eigenvalue weighted by Gasteiger charge is -2.28. The average Bonchev–Trinajstić information content (AvgIpc) is 2.35. The summed E-state index contributed by atoms with van der Waals surface area (Å²) in [5.41, 5.74) is 1.17. The SMILES string of the molecule is CCCNC(Cc1ccc(Br)cn1)C(C)C(C)C. The lowest BCUT2D eigenvalue weighted by Crippen LogP contribution is -2.39. The Hall–Kier alpha value is -0.410. The summed E-state index contributed by atoms with van der Waals surface area (Å²) in [6.45, 7) is 10.2. The summed E-state index contributed by atoms with van der Waals surface area (Å²) in [4.78, 5) is 4.48. The van der Waals surface area contributed by atoms with Crippen LogP contribution in [-0.4, -0.2) is 17.6 Å². The summed E-state index contributed by atoms with van der Waals surface area (Å²) in [6.07, 6.45) is 4.06. The Morgan fingerprint density at radius 1 is 1.28 bits per heavy atom. The molecule has 0 aliphatic carbocycles. The predicted molar refractivity (Wildman–Crippen MR) is 81.7 cm³/mol. The molecule has 1 heterocycles. The van der Waals surface area contributed by atoms with Crippen molar-refractivity contribution in [2.24, 2.45) is 11.8 Å². The molecule has 0 bridgehead atoms. The Balaban J connectivity index is 2.68. The van der Waals surface area contributed by atoms with E-state index in [0.29, 0.717) is 17.9 Å². The summed E-state index contributed by atoms with van der Waals surface area (Å²) >= 11 is 3.43. The monoisotopic (exact) mass is 312 g/mol. The van der Waals surface area contributed by atoms with E-state index in [2.05, 4.69) is 66.1 Å². The minimum atomic E-state index is 0.513. The fraction of sp³-hybridized carbons (Fsp3) is 0.667. The van der Waals surface area contributed by atoms with Gasteiger partial charge in [-0.2, -0.15) is 0 Å². The molecule has 1 aromatic rings. The number of halogens is 1. The van der Waals surface area contributed by atoms with E-state index in [1.807, 2.05) is 6.20 Å². The molecule has 18 heavy (non-hydrogen) atoms. The molecule has 2 nitrogen and oxygen atoms in total. The summed E-state index contributed by atoms with van der Waals surface area (Å²) in [5, 5.41) is 3.66. The predicted octanol–water partition coefficient (Wildman–Crippen LogP) is 4.05. The zero-order valence-electron chi connectivity index (χ0n) is 11.9. The molecule has 0 radical (unpaired) electrons. The van der Waals surface area contributed by atoms with Gasteiger partial charge in [0.25, 0.3) is 0 Å². The average molecular weight is 313 g/mol. The molecule has 1 aromatic heterocycles. The van der Waals surface area contributed by atoms with E-state index in [4.69, 9.17) is 0 Å². The van der Waals surface area contributed by atoms with Gasteiger partial charge in [0.2, 0.25) is 0 Å². The van der Waals surface area contributed by atoms with Gasteiger partial charge in [0, 0.05) is 28.8 Å². The molecule has 0 amide bonds. The number of nitrogens with one attached hydrogen (secondary N) is 1. The third-order valence-corrected chi connectivity index (χ3v) is 4.03. The zero-order chi connectivity index (χ0) is 13.5. The van der Waals surface area contributed by atoms with Crippen molar-refractivity contribution in [3.8, 4) is 0 Å². The van der Waals surface area contributed by atoms with Crippen LogP contribution in [0.25, 0.3) is 0 Å². The minimum Gasteiger partial charge on any atom is -0.313 e. The van der Waals surface area contributed by atoms with Gasteiger partial charge in [0.05, 0.1) is 0 Å². The first-order chi connectivity index (χ1) is 8.54. The van der Waals surface area contributed by atoms with Crippen LogP contribution in [0, 0.1) is 11.8 Å². The maximum absolute atomic E-state index is 4.48. The molecular formula is C15H25BrN2. The van der Waals surface area contributed by atoms with E-state index in [-0.39, 0.29) is 0 Å². The molecule has 0 aliphatic heterocycles. The minimum absolute atomic E-state index is 0.513. The van der Waals surface area contributed by atoms with E-state index >= 15 is 0 Å². The highest BCUT2D eigenvalue weighted by atomic mass is 79.9. The normalized spacial score (nSPS) is 14.8. The molecule has 0 spiro atoms. The van der Waals surface area contributed by atoms with Crippen LogP contribution in [0.15, 0.2) is 22.8 Å². The van der Waals surface area contributed by atoms with Crippen molar-refractivity contribution < 1.29 is 0 Å². The molecule has 0 saturated carbocycles. The van der Waals surface area contributed by atoms with E-state index in [1.165, 1.54) is 12.1 Å². The van der Waals surface area contributed by atoms with E-state index < -0.39 is 0 Å². The first-order valence-corrected chi connectivity index (χ1v) is 7.67. The van der Waals surface area contributed by atoms with Gasteiger partial charge in [0.1, 0.15) is 0 Å². The second-order valence-electron chi connectivity index (χ2n) is 5.34. The highest BCUT2D eigenvalue weighted by Gasteiger charge is 2.20. The lowest BCUT2D eigenvalue weighted by atomic mass is 9.87. The van der Waals surface area contributed by atoms with Crippen molar-refractivity contribution in [3.63, 3.8) is 0 Å². The number of hydrogen-bond donors (Lipinski definition) is 1. The van der Waals surface area contributed by atoms with E-state index in [1.54, 1.807) is 0 Å². The van der Waals surface area contributed by atoms with Crippen molar-refractivity contribution in [2.45, 2.75) is 46.6 Å². The van der Waals surface area contributed by atoms with Crippen molar-refractivity contribution in [1.82, 2.24) is 10.3 Å². The number of nitrogens with zero attached hydrogens (tertiary/aromatic N) is 1. The maximum atomic E-state index is 4.48. The molecule has 1 rings (SSSR count). The third kappa shape index (κ3) is 5.07. The Kier molecular flexibility index (Phi) is 6.87. The van der Waals surface area contributed by atoms with Gasteiger partial charge in [-0.15, -0.1) is 0 Å². The first-order valence-electron chi connectivity index (χ1n) is 6.88. The highest BCUT2D eigenvalue weighted by Crippen LogP contribution is 2.18. The van der Waals surface area contributed by atoms with Gasteiger partial charge in [0.15, 0.2) is 0 Å². The van der Waals surface area contributed by atoms with E-state index in [9.17, 15) is 0 Å². The Morgan fingerprint density at radius 3 is 2.50 bits per heavy atom. The highest BCUT2D eigenvalue weighted by molar-refractivity contribution is 9.10. The number of aromatic nitrogens is 1. The quantitative estimate of drug-likeness (QED) is 0.821. The zero-order valence-corrected chi connectivity index (χ0v) is 13.5. The van der Waals surface area contributed by atoms with Crippen molar-refractivity contribution in [1.29, 1.82) is 0 Å². The second-order valence-corrected chi connectivity index (χ2v) is 6.25. The molecule has 0 saturated heterocycles. The Bertz CT molecular complexity index is 335. The second kappa shape index (κ2) is 7.90. The van der Waals surface area contributed by atoms with Gasteiger partial charge in [-0.05, 0) is 52.9 Å². The fourth-order valence-electron chi connectivity index (χ4n) is 1.99. The van der Waals surface area contributed by atoms with Crippen molar-refractivity contribution >= 4 is 15.9 Å². The van der Waals surface area contributed by atoms with Crippen LogP contribution < -0.4 is 5.32 Å². The maximum Gasteiger partial charge on any atom is 0.0420 e. The topological polar surface area (TPSA) is 24.9 Å². The van der Waals surface area contributed by atoms with E-state index in [0.717, 1.165) is 17.4 Å². The van der Waals surface area contributed by atoms with Crippen LogP contribution in [0.1, 0.15) is 39.8 Å². The fourth-order valence-corrected chi connectivity index (χ4v) is 2.23. The smallest absolute Gasteiger partial charge is 0.0420 e. The molecule has 1 N–H and O–H groups in total. The Labute approximate surface area is 120 Å². The van der Waals surface area contributed by atoms with Crippen molar-refractivity contribution in [2.75, 3.05) is 6.54 Å². The molecule has 102 valence electrons. The lowest BCUT2D eigenvalue weighted by molar-refractivity contribution is 0.295. The van der Waals surface area contributed by atoms with Crippen LogP contribution in [-0.2, 0) is 6.42 Å². The van der Waals surface area contributed by atoms with Crippen LogP contribution >= 0.6 is 15.9 Å². The van der Waals surface area contributed by atoms with Crippen LogP contribution in [0.2, 0.25) is 0 Å². The molecular weight excluding hydrogens is 288 g/mol. The van der Waals surface area contributed by atoms with Gasteiger partial charge in [-0.1, -0.05) is 27.7 Å². The molecule has 2 unspecified atom stereocenters. The summed E-state index contributed by atoms with van der Waals surface area (Å²) < 4.78 is 1.04. The third-order valence-electron chi connectivity index (χ3n) is 3.56. The number of pyridine rings is 1.